The van der Waals surface area contributed by atoms with E-state index in [-0.39, 0.29) is 5.92 Å². The van der Waals surface area contributed by atoms with Gasteiger partial charge < -0.3 is 14.9 Å². The van der Waals surface area contributed by atoms with Crippen LogP contribution in [0.25, 0.3) is 0 Å². The van der Waals surface area contributed by atoms with Gasteiger partial charge in [-0.1, -0.05) is 33.8 Å². The van der Waals surface area contributed by atoms with Crippen molar-refractivity contribution in [2.24, 2.45) is 5.92 Å². The van der Waals surface area contributed by atoms with Crippen molar-refractivity contribution in [3.05, 3.63) is 29.3 Å². The minimum atomic E-state index is -1.95. The van der Waals surface area contributed by atoms with Gasteiger partial charge in [-0.05, 0) is 29.5 Å². The van der Waals surface area contributed by atoms with Gasteiger partial charge in [0.15, 0.2) is 5.60 Å². The Morgan fingerprint density at radius 2 is 1.84 bits per heavy atom. The molecule has 0 saturated carbocycles. The molecule has 0 aliphatic rings. The molecule has 0 radical (unpaired) electrons. The van der Waals surface area contributed by atoms with Crippen LogP contribution in [0, 0.1) is 5.92 Å². The molecule has 0 aliphatic heterocycles. The Balaban J connectivity index is 3.52. The normalized spacial score (nSPS) is 14.5. The van der Waals surface area contributed by atoms with Crippen LogP contribution in [-0.2, 0) is 10.4 Å². The van der Waals surface area contributed by atoms with Crippen molar-refractivity contribution >= 4 is 5.97 Å². The number of methoxy groups -OCH3 is 1. The monoisotopic (exact) mass is 266 g/mol. The molecule has 0 aromatic heterocycles. The quantitative estimate of drug-likeness (QED) is 0.860. The van der Waals surface area contributed by atoms with Crippen molar-refractivity contribution in [3.8, 4) is 5.75 Å². The Morgan fingerprint density at radius 3 is 2.21 bits per heavy atom. The van der Waals surface area contributed by atoms with Gasteiger partial charge in [-0.2, -0.15) is 0 Å². The molecular formula is C15H22O4. The summed E-state index contributed by atoms with van der Waals surface area (Å²) >= 11 is 0. The van der Waals surface area contributed by atoms with Crippen molar-refractivity contribution in [2.75, 3.05) is 7.11 Å². The van der Waals surface area contributed by atoms with E-state index in [0.29, 0.717) is 11.3 Å². The number of benzene rings is 1. The fraction of sp³-hybridized carbons (Fsp3) is 0.533. The molecule has 4 nitrogen and oxygen atoms in total. The maximum atomic E-state index is 11.5. The number of hydrogen-bond donors (Lipinski definition) is 2. The molecule has 0 aliphatic carbocycles. The number of carboxylic acids is 1. The number of carboxylic acid groups (broad SMARTS) is 1. The molecule has 0 fully saturated rings. The maximum Gasteiger partial charge on any atom is 0.340 e. The predicted octanol–water partition coefficient (Wildman–Crippen LogP) is 2.75. The first-order valence-electron chi connectivity index (χ1n) is 6.39. The Labute approximate surface area is 114 Å². The van der Waals surface area contributed by atoms with E-state index >= 15 is 0 Å². The molecule has 1 aromatic carbocycles. The summed E-state index contributed by atoms with van der Waals surface area (Å²) in [6, 6.07) is 5.31. The van der Waals surface area contributed by atoms with E-state index in [9.17, 15) is 15.0 Å². The van der Waals surface area contributed by atoms with E-state index in [1.807, 2.05) is 19.9 Å². The van der Waals surface area contributed by atoms with E-state index in [0.717, 1.165) is 5.56 Å². The van der Waals surface area contributed by atoms with E-state index < -0.39 is 17.5 Å². The molecule has 4 heteroatoms. The molecule has 0 heterocycles. The smallest absolute Gasteiger partial charge is 0.340 e. The summed E-state index contributed by atoms with van der Waals surface area (Å²) in [7, 11) is 1.47. The first-order chi connectivity index (χ1) is 8.75. The number of rotatable bonds is 5. The SMILES string of the molecule is COc1ccc(C(C)C)cc1C(O)(C(=O)O)C(C)C. The highest BCUT2D eigenvalue weighted by atomic mass is 16.5. The summed E-state index contributed by atoms with van der Waals surface area (Å²) in [5, 5.41) is 20.0. The Bertz CT molecular complexity index is 465. The molecule has 1 atom stereocenters. The topological polar surface area (TPSA) is 66.8 Å². The highest BCUT2D eigenvalue weighted by molar-refractivity contribution is 5.80. The van der Waals surface area contributed by atoms with Crippen molar-refractivity contribution in [3.63, 3.8) is 0 Å². The summed E-state index contributed by atoms with van der Waals surface area (Å²) in [4.78, 5) is 11.5. The molecule has 1 aromatic rings. The molecule has 2 N–H and O–H groups in total. The second-order valence-electron chi connectivity index (χ2n) is 5.34. The van der Waals surface area contributed by atoms with E-state index in [2.05, 4.69) is 0 Å². The number of aliphatic carboxylic acids is 1. The van der Waals surface area contributed by atoms with Gasteiger partial charge in [0.05, 0.1) is 7.11 Å². The summed E-state index contributed by atoms with van der Waals surface area (Å²) in [5.41, 5.74) is -0.671. The average molecular weight is 266 g/mol. The lowest BCUT2D eigenvalue weighted by Gasteiger charge is -2.30. The van der Waals surface area contributed by atoms with Crippen LogP contribution in [0.15, 0.2) is 18.2 Å². The molecule has 0 bridgehead atoms. The summed E-state index contributed by atoms with van der Waals surface area (Å²) in [6.45, 7) is 7.38. The lowest BCUT2D eigenvalue weighted by atomic mass is 9.81. The van der Waals surface area contributed by atoms with Crippen LogP contribution in [0.5, 0.6) is 5.75 Å². The average Bonchev–Trinajstić information content (AvgIpc) is 2.36. The summed E-state index contributed by atoms with van der Waals surface area (Å²) < 4.78 is 5.20. The highest BCUT2D eigenvalue weighted by Gasteiger charge is 2.43. The van der Waals surface area contributed by atoms with Crippen LogP contribution in [0.3, 0.4) is 0 Å². The first kappa shape index (κ1) is 15.5. The lowest BCUT2D eigenvalue weighted by molar-refractivity contribution is -0.165. The maximum absolute atomic E-state index is 11.5. The van der Waals surface area contributed by atoms with Gasteiger partial charge >= 0.3 is 5.97 Å². The summed E-state index contributed by atoms with van der Waals surface area (Å²) in [6.07, 6.45) is 0. The molecule has 0 saturated heterocycles. The minimum absolute atomic E-state index is 0.245. The fourth-order valence-electron chi connectivity index (χ4n) is 2.06. The summed E-state index contributed by atoms with van der Waals surface area (Å²) in [5.74, 6) is -1.10. The van der Waals surface area contributed by atoms with Gasteiger partial charge in [0.2, 0.25) is 0 Å². The lowest BCUT2D eigenvalue weighted by Crippen LogP contribution is -2.41. The number of carbonyl (C=O) groups is 1. The van der Waals surface area contributed by atoms with Gasteiger partial charge in [0, 0.05) is 5.56 Å². The molecule has 1 unspecified atom stereocenters. The standard InChI is InChI=1S/C15H22O4/c1-9(2)11-6-7-13(19-5)12(8-11)15(18,10(3)4)14(16)17/h6-10,18H,1-5H3,(H,16,17). The zero-order chi connectivity index (χ0) is 14.8. The third-order valence-corrected chi connectivity index (χ3v) is 3.46. The van der Waals surface area contributed by atoms with Crippen LogP contribution in [-0.4, -0.2) is 23.3 Å². The van der Waals surface area contributed by atoms with Crippen LogP contribution >= 0.6 is 0 Å². The van der Waals surface area contributed by atoms with E-state index in [1.54, 1.807) is 26.0 Å². The van der Waals surface area contributed by atoms with Crippen molar-refractivity contribution < 1.29 is 19.7 Å². The van der Waals surface area contributed by atoms with Crippen LogP contribution < -0.4 is 4.74 Å². The van der Waals surface area contributed by atoms with Gasteiger partial charge in [-0.15, -0.1) is 0 Å². The molecule has 19 heavy (non-hydrogen) atoms. The van der Waals surface area contributed by atoms with Gasteiger partial charge in [0.25, 0.3) is 0 Å². The second kappa shape index (κ2) is 5.61. The zero-order valence-corrected chi connectivity index (χ0v) is 12.1. The van der Waals surface area contributed by atoms with E-state index in [1.165, 1.54) is 7.11 Å². The molecule has 0 spiro atoms. The van der Waals surface area contributed by atoms with Crippen LogP contribution in [0.4, 0.5) is 0 Å². The molecular weight excluding hydrogens is 244 g/mol. The number of hydrogen-bond acceptors (Lipinski definition) is 3. The van der Waals surface area contributed by atoms with Crippen LogP contribution in [0.1, 0.15) is 44.7 Å². The van der Waals surface area contributed by atoms with Crippen LogP contribution in [0.2, 0.25) is 0 Å². The second-order valence-corrected chi connectivity index (χ2v) is 5.34. The van der Waals surface area contributed by atoms with Gasteiger partial charge in [-0.25, -0.2) is 4.79 Å². The Morgan fingerprint density at radius 1 is 1.26 bits per heavy atom. The number of ether oxygens (including phenoxy) is 1. The fourth-order valence-corrected chi connectivity index (χ4v) is 2.06. The third-order valence-electron chi connectivity index (χ3n) is 3.46. The Hall–Kier alpha value is -1.55. The highest BCUT2D eigenvalue weighted by Crippen LogP contribution is 2.37. The van der Waals surface area contributed by atoms with Gasteiger partial charge in [-0.3, -0.25) is 0 Å². The zero-order valence-electron chi connectivity index (χ0n) is 12.1. The van der Waals surface area contributed by atoms with Crippen molar-refractivity contribution in [1.82, 2.24) is 0 Å². The molecule has 1 rings (SSSR count). The minimum Gasteiger partial charge on any atom is -0.496 e. The van der Waals surface area contributed by atoms with Gasteiger partial charge in [0.1, 0.15) is 5.75 Å². The van der Waals surface area contributed by atoms with E-state index in [4.69, 9.17) is 4.74 Å². The number of aliphatic hydroxyl groups is 1. The first-order valence-corrected chi connectivity index (χ1v) is 6.39. The molecule has 0 amide bonds. The van der Waals surface area contributed by atoms with Crippen molar-refractivity contribution in [1.29, 1.82) is 0 Å². The van der Waals surface area contributed by atoms with Crippen molar-refractivity contribution in [2.45, 2.75) is 39.2 Å². The largest absolute Gasteiger partial charge is 0.496 e. The Kier molecular flexibility index (Phi) is 4.58. The third kappa shape index (κ3) is 2.73. The molecule has 106 valence electrons. The predicted molar refractivity (Wildman–Crippen MR) is 73.5 cm³/mol.